The van der Waals surface area contributed by atoms with E-state index in [1.165, 1.54) is 30.3 Å². The second-order valence-corrected chi connectivity index (χ2v) is 8.24. The lowest BCUT2D eigenvalue weighted by atomic mass is 10.1. The zero-order valence-electron chi connectivity index (χ0n) is 14.4. The Hall–Kier alpha value is -1.76. The summed E-state index contributed by atoms with van der Waals surface area (Å²) in [6, 6.07) is 10.5. The molecule has 2 rings (SSSR count). The minimum Gasteiger partial charge on any atom is -0.349 e. The van der Waals surface area contributed by atoms with Crippen molar-refractivity contribution in [2.24, 2.45) is 0 Å². The number of halogens is 2. The second kappa shape index (κ2) is 8.75. The van der Waals surface area contributed by atoms with Gasteiger partial charge in [-0.15, -0.1) is 0 Å². The minimum absolute atomic E-state index is 0.0723. The molecule has 0 aliphatic carbocycles. The Morgan fingerprint density at radius 2 is 1.65 bits per heavy atom. The number of sulfonamides is 1. The third kappa shape index (κ3) is 5.13. The van der Waals surface area contributed by atoms with Gasteiger partial charge in [0, 0.05) is 22.3 Å². The van der Waals surface area contributed by atoms with Gasteiger partial charge in [0.05, 0.1) is 5.02 Å². The molecule has 5 nitrogen and oxygen atoms in total. The molecule has 0 spiro atoms. The summed E-state index contributed by atoms with van der Waals surface area (Å²) in [5.74, 6) is -0.189. The Labute approximate surface area is 163 Å². The van der Waals surface area contributed by atoms with Crippen LogP contribution in [0.2, 0.25) is 10.0 Å². The van der Waals surface area contributed by atoms with Gasteiger partial charge in [0.1, 0.15) is 4.90 Å². The minimum atomic E-state index is -3.89. The van der Waals surface area contributed by atoms with E-state index in [1.807, 2.05) is 13.8 Å². The Bertz CT molecular complexity index is 880. The van der Waals surface area contributed by atoms with Gasteiger partial charge in [-0.05, 0) is 55.3 Å². The molecule has 0 fully saturated rings. The maximum Gasteiger partial charge on any atom is 0.263 e. The van der Waals surface area contributed by atoms with E-state index in [-0.39, 0.29) is 26.9 Å². The number of anilines is 1. The van der Waals surface area contributed by atoms with Gasteiger partial charge in [0.2, 0.25) is 0 Å². The van der Waals surface area contributed by atoms with Crippen molar-refractivity contribution in [2.75, 3.05) is 4.72 Å². The molecule has 2 aromatic carbocycles. The molecule has 0 aliphatic heterocycles. The van der Waals surface area contributed by atoms with Crippen molar-refractivity contribution in [3.8, 4) is 0 Å². The summed E-state index contributed by atoms with van der Waals surface area (Å²) in [7, 11) is -3.89. The van der Waals surface area contributed by atoms with Crippen LogP contribution in [0.5, 0.6) is 0 Å². The molecular weight excluding hydrogens is 395 g/mol. The van der Waals surface area contributed by atoms with Gasteiger partial charge < -0.3 is 5.32 Å². The van der Waals surface area contributed by atoms with Crippen LogP contribution in [0.1, 0.15) is 37.0 Å². The zero-order chi connectivity index (χ0) is 19.3. The number of benzene rings is 2. The van der Waals surface area contributed by atoms with Crippen LogP contribution in [0.15, 0.2) is 47.4 Å². The fourth-order valence-electron chi connectivity index (χ4n) is 2.34. The predicted octanol–water partition coefficient (Wildman–Crippen LogP) is 4.71. The van der Waals surface area contributed by atoms with Crippen LogP contribution in [-0.2, 0) is 10.0 Å². The Kier molecular flexibility index (Phi) is 6.92. The summed E-state index contributed by atoms with van der Waals surface area (Å²) in [6.45, 7) is 4.01. The summed E-state index contributed by atoms with van der Waals surface area (Å²) >= 11 is 11.8. The van der Waals surface area contributed by atoms with Crippen LogP contribution in [0.25, 0.3) is 0 Å². The van der Waals surface area contributed by atoms with E-state index in [0.717, 1.165) is 12.8 Å². The second-order valence-electron chi connectivity index (χ2n) is 5.74. The summed E-state index contributed by atoms with van der Waals surface area (Å²) in [4.78, 5) is 12.1. The van der Waals surface area contributed by atoms with Gasteiger partial charge in [0.25, 0.3) is 15.9 Å². The zero-order valence-corrected chi connectivity index (χ0v) is 16.8. The number of rotatable bonds is 7. The highest BCUT2D eigenvalue weighted by molar-refractivity contribution is 7.92. The third-order valence-electron chi connectivity index (χ3n) is 3.90. The molecule has 0 saturated heterocycles. The molecular formula is C18H20Cl2N2O3S. The molecule has 0 aromatic heterocycles. The molecule has 0 heterocycles. The lowest BCUT2D eigenvalue weighted by molar-refractivity contribution is 0.0935. The van der Waals surface area contributed by atoms with Crippen LogP contribution < -0.4 is 10.0 Å². The standard InChI is InChI=1S/C18H20Cl2N2O3S/c1-3-14(4-2)21-18(23)12-5-8-15(9-6-12)22-26(24,25)17-11-13(19)7-10-16(17)20/h5-11,14,22H,3-4H2,1-2H3,(H,21,23). The Morgan fingerprint density at radius 3 is 2.23 bits per heavy atom. The molecule has 0 bridgehead atoms. The fraction of sp³-hybridized carbons (Fsp3) is 0.278. The van der Waals surface area contributed by atoms with Gasteiger partial charge in [0.15, 0.2) is 0 Å². The van der Waals surface area contributed by atoms with Crippen molar-refractivity contribution < 1.29 is 13.2 Å². The van der Waals surface area contributed by atoms with E-state index < -0.39 is 10.0 Å². The Morgan fingerprint density at radius 1 is 1.04 bits per heavy atom. The molecule has 0 saturated carbocycles. The quantitative estimate of drug-likeness (QED) is 0.688. The Balaban J connectivity index is 2.16. The highest BCUT2D eigenvalue weighted by Crippen LogP contribution is 2.27. The summed E-state index contributed by atoms with van der Waals surface area (Å²) in [5.41, 5.74) is 0.778. The van der Waals surface area contributed by atoms with E-state index in [9.17, 15) is 13.2 Å². The van der Waals surface area contributed by atoms with Crippen molar-refractivity contribution in [2.45, 2.75) is 37.6 Å². The SMILES string of the molecule is CCC(CC)NC(=O)c1ccc(NS(=O)(=O)c2cc(Cl)ccc2Cl)cc1. The maximum atomic E-state index is 12.5. The van der Waals surface area contributed by atoms with Crippen molar-refractivity contribution in [3.63, 3.8) is 0 Å². The van der Waals surface area contributed by atoms with Crippen LogP contribution in [0, 0.1) is 0 Å². The molecule has 26 heavy (non-hydrogen) atoms. The average molecular weight is 415 g/mol. The first-order valence-electron chi connectivity index (χ1n) is 8.15. The van der Waals surface area contributed by atoms with Crippen molar-refractivity contribution in [1.29, 1.82) is 0 Å². The van der Waals surface area contributed by atoms with Crippen molar-refractivity contribution in [1.82, 2.24) is 5.32 Å². The molecule has 8 heteroatoms. The maximum absolute atomic E-state index is 12.5. The molecule has 2 aromatic rings. The van der Waals surface area contributed by atoms with Crippen molar-refractivity contribution in [3.05, 3.63) is 58.1 Å². The average Bonchev–Trinajstić information content (AvgIpc) is 2.61. The van der Waals surface area contributed by atoms with Gasteiger partial charge >= 0.3 is 0 Å². The third-order valence-corrected chi connectivity index (χ3v) is 6.00. The molecule has 2 N–H and O–H groups in total. The number of nitrogens with one attached hydrogen (secondary N) is 2. The predicted molar refractivity (Wildman–Crippen MR) is 106 cm³/mol. The lowest BCUT2D eigenvalue weighted by Gasteiger charge is -2.15. The van der Waals surface area contributed by atoms with E-state index in [4.69, 9.17) is 23.2 Å². The normalized spacial score (nSPS) is 11.4. The van der Waals surface area contributed by atoms with E-state index in [0.29, 0.717) is 11.3 Å². The number of carbonyl (C=O) groups is 1. The van der Waals surface area contributed by atoms with E-state index in [1.54, 1.807) is 12.1 Å². The van der Waals surface area contributed by atoms with Crippen LogP contribution in [-0.4, -0.2) is 20.4 Å². The van der Waals surface area contributed by atoms with E-state index >= 15 is 0 Å². The summed E-state index contributed by atoms with van der Waals surface area (Å²) < 4.78 is 27.4. The molecule has 0 aliphatic rings. The molecule has 0 atom stereocenters. The monoisotopic (exact) mass is 414 g/mol. The van der Waals surface area contributed by atoms with Crippen LogP contribution in [0.3, 0.4) is 0 Å². The molecule has 0 unspecified atom stereocenters. The van der Waals surface area contributed by atoms with Crippen LogP contribution >= 0.6 is 23.2 Å². The first-order valence-corrected chi connectivity index (χ1v) is 10.4. The molecule has 0 radical (unpaired) electrons. The highest BCUT2D eigenvalue weighted by Gasteiger charge is 2.19. The van der Waals surface area contributed by atoms with Gasteiger partial charge in [-0.25, -0.2) is 8.42 Å². The van der Waals surface area contributed by atoms with Gasteiger partial charge in [-0.1, -0.05) is 37.0 Å². The number of amides is 1. The van der Waals surface area contributed by atoms with E-state index in [2.05, 4.69) is 10.0 Å². The largest absolute Gasteiger partial charge is 0.349 e. The number of carbonyl (C=O) groups excluding carboxylic acids is 1. The highest BCUT2D eigenvalue weighted by atomic mass is 35.5. The van der Waals surface area contributed by atoms with Gasteiger partial charge in [-0.2, -0.15) is 0 Å². The lowest BCUT2D eigenvalue weighted by Crippen LogP contribution is -2.33. The molecule has 1 amide bonds. The molecule has 140 valence electrons. The first kappa shape index (κ1) is 20.6. The number of hydrogen-bond acceptors (Lipinski definition) is 3. The topological polar surface area (TPSA) is 75.3 Å². The summed E-state index contributed by atoms with van der Waals surface area (Å²) in [5, 5.41) is 3.27. The summed E-state index contributed by atoms with van der Waals surface area (Å²) in [6.07, 6.45) is 1.70. The van der Waals surface area contributed by atoms with Crippen molar-refractivity contribution >= 4 is 44.8 Å². The smallest absolute Gasteiger partial charge is 0.263 e. The van der Waals surface area contributed by atoms with Crippen LogP contribution in [0.4, 0.5) is 5.69 Å². The fourth-order valence-corrected chi connectivity index (χ4v) is 4.17. The first-order chi connectivity index (χ1) is 12.3. The number of hydrogen-bond donors (Lipinski definition) is 2. The van der Waals surface area contributed by atoms with Gasteiger partial charge in [-0.3, -0.25) is 9.52 Å².